The number of para-hydroxylation sites is 1. The minimum Gasteiger partial charge on any atom is -0.454 e. The molecule has 9 heteroatoms. The Morgan fingerprint density at radius 1 is 1.03 bits per heavy atom. The highest BCUT2D eigenvalue weighted by atomic mass is 32.2. The van der Waals surface area contributed by atoms with Gasteiger partial charge in [0.05, 0.1) is 5.69 Å². The van der Waals surface area contributed by atoms with Gasteiger partial charge in [-0.2, -0.15) is 5.21 Å². The first-order chi connectivity index (χ1) is 14.9. The van der Waals surface area contributed by atoms with Crippen molar-refractivity contribution >= 4 is 15.5 Å². The van der Waals surface area contributed by atoms with Crippen molar-refractivity contribution in [3.05, 3.63) is 42.5 Å². The molecule has 0 bridgehead atoms. The Morgan fingerprint density at radius 3 is 2.26 bits per heavy atom. The Hall–Kier alpha value is -2.94. The van der Waals surface area contributed by atoms with Crippen LogP contribution >= 0.6 is 0 Å². The Labute approximate surface area is 183 Å². The van der Waals surface area contributed by atoms with E-state index in [4.69, 9.17) is 4.74 Å². The zero-order valence-electron chi connectivity index (χ0n) is 18.2. The van der Waals surface area contributed by atoms with Crippen LogP contribution in [0.3, 0.4) is 0 Å². The van der Waals surface area contributed by atoms with Crippen LogP contribution in [0.5, 0.6) is 11.5 Å². The van der Waals surface area contributed by atoms with Gasteiger partial charge < -0.3 is 9.64 Å². The molecule has 3 aromatic rings. The van der Waals surface area contributed by atoms with Crippen molar-refractivity contribution in [3.8, 4) is 22.9 Å². The van der Waals surface area contributed by atoms with E-state index in [9.17, 15) is 8.42 Å². The molecule has 31 heavy (non-hydrogen) atoms. The minimum atomic E-state index is -3.60. The molecule has 0 spiro atoms. The lowest BCUT2D eigenvalue weighted by molar-refractivity contribution is 0.465. The van der Waals surface area contributed by atoms with Crippen molar-refractivity contribution < 1.29 is 13.2 Å². The normalized spacial score (nSPS) is 11.5. The SMILES string of the molecule is CCCCN(CCCC)c1cc(-c2nn[nH]n2)cc(S(C)(=O)=O)c1Oc1ccccc1. The summed E-state index contributed by atoms with van der Waals surface area (Å²) < 4.78 is 31.8. The van der Waals surface area contributed by atoms with E-state index in [-0.39, 0.29) is 4.90 Å². The van der Waals surface area contributed by atoms with Gasteiger partial charge in [-0.15, -0.1) is 10.2 Å². The molecule has 1 heterocycles. The molecule has 2 aromatic carbocycles. The second-order valence-electron chi connectivity index (χ2n) is 7.44. The number of aromatic amines is 1. The fourth-order valence-electron chi connectivity index (χ4n) is 3.27. The number of nitrogens with one attached hydrogen (secondary N) is 1. The summed E-state index contributed by atoms with van der Waals surface area (Å²) in [4.78, 5) is 2.30. The number of benzene rings is 2. The number of aromatic nitrogens is 4. The second kappa shape index (κ2) is 10.4. The Kier molecular flexibility index (Phi) is 7.62. The number of anilines is 1. The highest BCUT2D eigenvalue weighted by Gasteiger charge is 2.25. The predicted octanol–water partition coefficient (Wildman–Crippen LogP) is 4.47. The van der Waals surface area contributed by atoms with Gasteiger partial charge in [0.15, 0.2) is 15.6 Å². The van der Waals surface area contributed by atoms with Gasteiger partial charge in [-0.3, -0.25) is 0 Å². The van der Waals surface area contributed by atoms with Gasteiger partial charge in [0.1, 0.15) is 10.6 Å². The van der Waals surface area contributed by atoms with Crippen LogP contribution in [0.1, 0.15) is 39.5 Å². The number of tetrazole rings is 1. The summed E-state index contributed by atoms with van der Waals surface area (Å²) in [5.74, 6) is 1.24. The molecule has 0 radical (unpaired) electrons. The van der Waals surface area contributed by atoms with Gasteiger partial charge in [0.25, 0.3) is 0 Å². The Bertz CT molecular complexity index is 1060. The third kappa shape index (κ3) is 5.81. The minimum absolute atomic E-state index is 0.103. The third-order valence-electron chi connectivity index (χ3n) is 4.91. The molecule has 0 amide bonds. The highest BCUT2D eigenvalue weighted by Crippen LogP contribution is 2.41. The van der Waals surface area contributed by atoms with E-state index in [1.54, 1.807) is 6.07 Å². The van der Waals surface area contributed by atoms with Crippen LogP contribution in [0.2, 0.25) is 0 Å². The van der Waals surface area contributed by atoms with E-state index in [1.165, 1.54) is 6.26 Å². The molecule has 8 nitrogen and oxygen atoms in total. The molecule has 1 N–H and O–H groups in total. The molecule has 0 aliphatic carbocycles. The van der Waals surface area contributed by atoms with E-state index in [0.29, 0.717) is 28.6 Å². The molecule has 1 aromatic heterocycles. The van der Waals surface area contributed by atoms with Gasteiger partial charge >= 0.3 is 0 Å². The van der Waals surface area contributed by atoms with E-state index in [1.807, 2.05) is 36.4 Å². The summed E-state index contributed by atoms with van der Waals surface area (Å²) in [6, 6.07) is 12.7. The maximum Gasteiger partial charge on any atom is 0.204 e. The molecular weight excluding hydrogens is 414 g/mol. The smallest absolute Gasteiger partial charge is 0.204 e. The van der Waals surface area contributed by atoms with Crippen LogP contribution in [0.25, 0.3) is 11.4 Å². The van der Waals surface area contributed by atoms with Crippen molar-refractivity contribution in [1.29, 1.82) is 0 Å². The topological polar surface area (TPSA) is 101 Å². The summed E-state index contributed by atoms with van der Waals surface area (Å²) in [5, 5.41) is 14.2. The first-order valence-electron chi connectivity index (χ1n) is 10.5. The third-order valence-corrected chi connectivity index (χ3v) is 6.01. The van der Waals surface area contributed by atoms with Crippen LogP contribution in [0, 0.1) is 0 Å². The van der Waals surface area contributed by atoms with Gasteiger partial charge in [0.2, 0.25) is 5.82 Å². The summed E-state index contributed by atoms with van der Waals surface area (Å²) in [6.07, 6.45) is 5.21. The summed E-state index contributed by atoms with van der Waals surface area (Å²) in [5.41, 5.74) is 1.29. The van der Waals surface area contributed by atoms with Crippen LogP contribution in [-0.2, 0) is 9.84 Å². The van der Waals surface area contributed by atoms with Crippen molar-refractivity contribution in [2.24, 2.45) is 0 Å². The lowest BCUT2D eigenvalue weighted by Gasteiger charge is -2.28. The predicted molar refractivity (Wildman–Crippen MR) is 121 cm³/mol. The maximum absolute atomic E-state index is 12.8. The summed E-state index contributed by atoms with van der Waals surface area (Å²) >= 11 is 0. The first kappa shape index (κ1) is 22.7. The fourth-order valence-corrected chi connectivity index (χ4v) is 4.09. The number of unbranched alkanes of at least 4 members (excludes halogenated alkanes) is 2. The van der Waals surface area contributed by atoms with Crippen molar-refractivity contribution in [1.82, 2.24) is 20.6 Å². The summed E-state index contributed by atoms with van der Waals surface area (Å²) in [7, 11) is -3.60. The monoisotopic (exact) mass is 443 g/mol. The number of nitrogens with zero attached hydrogens (tertiary/aromatic N) is 4. The number of hydrogen-bond acceptors (Lipinski definition) is 7. The number of sulfone groups is 1. The Balaban J connectivity index is 2.22. The lowest BCUT2D eigenvalue weighted by Crippen LogP contribution is -2.26. The second-order valence-corrected chi connectivity index (χ2v) is 9.42. The van der Waals surface area contributed by atoms with E-state index in [2.05, 4.69) is 39.4 Å². The fraction of sp³-hybridized carbons (Fsp3) is 0.409. The van der Waals surface area contributed by atoms with Crippen LogP contribution in [0.4, 0.5) is 5.69 Å². The van der Waals surface area contributed by atoms with Gasteiger partial charge in [-0.1, -0.05) is 44.9 Å². The molecule has 3 rings (SSSR count). The van der Waals surface area contributed by atoms with Crippen molar-refractivity contribution in [2.45, 2.75) is 44.4 Å². The van der Waals surface area contributed by atoms with Gasteiger partial charge in [-0.05, 0) is 42.3 Å². The number of H-pyrrole nitrogens is 1. The van der Waals surface area contributed by atoms with Crippen LogP contribution in [-0.4, -0.2) is 48.4 Å². The summed E-state index contributed by atoms with van der Waals surface area (Å²) in [6.45, 7) is 5.86. The van der Waals surface area contributed by atoms with Gasteiger partial charge in [0, 0.05) is 24.9 Å². The Morgan fingerprint density at radius 2 is 1.71 bits per heavy atom. The lowest BCUT2D eigenvalue weighted by atomic mass is 10.1. The highest BCUT2D eigenvalue weighted by molar-refractivity contribution is 7.90. The zero-order valence-corrected chi connectivity index (χ0v) is 19.0. The number of hydrogen-bond donors (Lipinski definition) is 1. The molecule has 0 saturated heterocycles. The molecule has 0 aliphatic heterocycles. The first-order valence-corrected chi connectivity index (χ1v) is 12.4. The molecule has 0 saturated carbocycles. The number of ether oxygens (including phenoxy) is 1. The molecular formula is C22H29N5O3S. The maximum atomic E-state index is 12.8. The van der Waals surface area contributed by atoms with E-state index >= 15 is 0 Å². The van der Waals surface area contributed by atoms with Crippen molar-refractivity contribution in [3.63, 3.8) is 0 Å². The van der Waals surface area contributed by atoms with E-state index < -0.39 is 9.84 Å². The molecule has 0 unspecified atom stereocenters. The average molecular weight is 444 g/mol. The van der Waals surface area contributed by atoms with Crippen LogP contribution in [0.15, 0.2) is 47.4 Å². The molecule has 0 fully saturated rings. The molecule has 166 valence electrons. The average Bonchev–Trinajstić information content (AvgIpc) is 3.29. The molecule has 0 aliphatic rings. The largest absolute Gasteiger partial charge is 0.454 e. The van der Waals surface area contributed by atoms with E-state index in [0.717, 1.165) is 38.8 Å². The standard InChI is InChI=1S/C22H29N5O3S/c1-4-6-13-27(14-7-5-2)19-15-17(22-23-25-26-24-22)16-20(31(3,28)29)21(19)30-18-11-9-8-10-12-18/h8-12,15-16H,4-7,13-14H2,1-3H3,(H,23,24,25,26). The number of rotatable bonds is 11. The van der Waals surface area contributed by atoms with Gasteiger partial charge in [-0.25, -0.2) is 8.42 Å². The van der Waals surface area contributed by atoms with Crippen molar-refractivity contribution in [2.75, 3.05) is 24.2 Å². The molecule has 0 atom stereocenters. The zero-order chi connectivity index (χ0) is 22.3. The van der Waals surface area contributed by atoms with Crippen LogP contribution < -0.4 is 9.64 Å². The quantitative estimate of drug-likeness (QED) is 0.466.